The molecule has 1 N–H and O–H groups in total. The van der Waals surface area contributed by atoms with Crippen LogP contribution in [0.3, 0.4) is 0 Å². The van der Waals surface area contributed by atoms with Crippen LogP contribution in [0.1, 0.15) is 51.0 Å². The van der Waals surface area contributed by atoms with Crippen molar-refractivity contribution in [1.29, 1.82) is 0 Å². The van der Waals surface area contributed by atoms with Crippen LogP contribution in [-0.2, 0) is 10.3 Å². The third-order valence-corrected chi connectivity index (χ3v) is 6.93. The lowest BCUT2D eigenvalue weighted by atomic mass is 9.70. The van der Waals surface area contributed by atoms with Crippen molar-refractivity contribution in [2.24, 2.45) is 0 Å². The Balaban J connectivity index is 0.00000225. The van der Waals surface area contributed by atoms with E-state index in [1.165, 1.54) is 24.8 Å². The van der Waals surface area contributed by atoms with E-state index >= 15 is 0 Å². The fourth-order valence-electron chi connectivity index (χ4n) is 5.09. The molecule has 2 fully saturated rings. The van der Waals surface area contributed by atoms with Gasteiger partial charge in [0.05, 0.1) is 36.2 Å². The summed E-state index contributed by atoms with van der Waals surface area (Å²) in [7, 11) is 2.36. The molecule has 1 aromatic carbocycles. The fourth-order valence-corrected chi connectivity index (χ4v) is 5.39. The lowest BCUT2D eigenvalue weighted by Gasteiger charge is -2.55. The molecule has 1 heterocycles. The molecule has 6 heteroatoms. The normalized spacial score (nSPS) is 28.2. The molecule has 1 amide bonds. The molecule has 1 saturated heterocycles. The number of benzene rings is 1. The molecule has 0 bridgehead atoms. The van der Waals surface area contributed by atoms with E-state index in [0.717, 1.165) is 36.8 Å². The standard InChI is InChI=1S/C19H26Cl2N2O.ClH/c1-14(24)22-18-7-3-4-10-19(18,23(2)11-5-6-12-23)15-8-9-16(20)17(21)13-15;/h8-9,13,18H,3-7,10-12H2,1-2H3;1H/p+1/t18-,19+;/m1./s1. The highest BCUT2D eigenvalue weighted by Crippen LogP contribution is 2.49. The topological polar surface area (TPSA) is 29.1 Å². The quantitative estimate of drug-likeness (QED) is 0.708. The number of hydrogen-bond donors (Lipinski definition) is 1. The van der Waals surface area contributed by atoms with Gasteiger partial charge in [-0.2, -0.15) is 0 Å². The van der Waals surface area contributed by atoms with Crippen LogP contribution < -0.4 is 5.32 Å². The van der Waals surface area contributed by atoms with Crippen molar-refractivity contribution in [3.63, 3.8) is 0 Å². The summed E-state index contributed by atoms with van der Waals surface area (Å²) >= 11 is 12.5. The zero-order valence-electron chi connectivity index (χ0n) is 15.0. The highest BCUT2D eigenvalue weighted by molar-refractivity contribution is 6.42. The Labute approximate surface area is 167 Å². The minimum Gasteiger partial charge on any atom is -0.347 e. The lowest BCUT2D eigenvalue weighted by Crippen LogP contribution is -2.68. The van der Waals surface area contributed by atoms with E-state index in [-0.39, 0.29) is 29.9 Å². The summed E-state index contributed by atoms with van der Waals surface area (Å²) in [6, 6.07) is 6.20. The summed E-state index contributed by atoms with van der Waals surface area (Å²) in [5.74, 6) is 0.0529. The van der Waals surface area contributed by atoms with E-state index in [1.54, 1.807) is 6.92 Å². The number of nitrogens with one attached hydrogen (secondary N) is 1. The Morgan fingerprint density at radius 1 is 1.16 bits per heavy atom. The van der Waals surface area contributed by atoms with Crippen LogP contribution in [0.15, 0.2) is 18.2 Å². The predicted octanol–water partition coefficient (Wildman–Crippen LogP) is 4.93. The number of carbonyl (C=O) groups excluding carboxylic acids is 1. The minimum atomic E-state index is -0.116. The molecule has 2 atom stereocenters. The van der Waals surface area contributed by atoms with Crippen LogP contribution in [0.2, 0.25) is 10.0 Å². The van der Waals surface area contributed by atoms with Gasteiger partial charge in [-0.3, -0.25) is 4.79 Å². The third kappa shape index (κ3) is 3.66. The Hall–Kier alpha value is -0.480. The monoisotopic (exact) mass is 405 g/mol. The number of likely N-dealkylation sites (tertiary alicyclic amines) is 1. The second-order valence-electron chi connectivity index (χ2n) is 7.60. The Morgan fingerprint density at radius 3 is 2.44 bits per heavy atom. The third-order valence-electron chi connectivity index (χ3n) is 6.19. The van der Waals surface area contributed by atoms with Gasteiger partial charge < -0.3 is 9.80 Å². The van der Waals surface area contributed by atoms with Crippen LogP contribution in [0.5, 0.6) is 0 Å². The smallest absolute Gasteiger partial charge is 0.217 e. The average Bonchev–Trinajstić information content (AvgIpc) is 2.98. The van der Waals surface area contributed by atoms with E-state index in [2.05, 4.69) is 18.4 Å². The Morgan fingerprint density at radius 2 is 1.84 bits per heavy atom. The van der Waals surface area contributed by atoms with Gasteiger partial charge in [-0.1, -0.05) is 35.7 Å². The molecular formula is C19H28Cl3N2O+. The number of nitrogens with zero attached hydrogens (tertiary/aromatic N) is 1. The first-order valence-electron chi connectivity index (χ1n) is 8.96. The Bertz CT molecular complexity index is 631. The average molecular weight is 407 g/mol. The van der Waals surface area contributed by atoms with Crippen LogP contribution in [-0.4, -0.2) is 36.6 Å². The number of halogens is 3. The summed E-state index contributed by atoms with van der Waals surface area (Å²) in [5.41, 5.74) is 1.11. The van der Waals surface area contributed by atoms with Crippen molar-refractivity contribution in [2.75, 3.05) is 20.1 Å². The van der Waals surface area contributed by atoms with Gasteiger partial charge in [0.1, 0.15) is 5.54 Å². The maximum atomic E-state index is 11.9. The van der Waals surface area contributed by atoms with Crippen LogP contribution in [0.25, 0.3) is 0 Å². The summed E-state index contributed by atoms with van der Waals surface area (Å²) in [4.78, 5) is 11.9. The second kappa shape index (κ2) is 8.04. The van der Waals surface area contributed by atoms with Gasteiger partial charge in [-0.05, 0) is 25.0 Å². The first-order valence-corrected chi connectivity index (χ1v) is 9.72. The predicted molar refractivity (Wildman–Crippen MR) is 107 cm³/mol. The van der Waals surface area contributed by atoms with Gasteiger partial charge in [-0.15, -0.1) is 12.4 Å². The molecule has 140 valence electrons. The van der Waals surface area contributed by atoms with E-state index in [9.17, 15) is 4.79 Å². The summed E-state index contributed by atoms with van der Waals surface area (Å²) < 4.78 is 0.982. The van der Waals surface area contributed by atoms with E-state index in [4.69, 9.17) is 23.2 Å². The molecule has 3 rings (SSSR count). The van der Waals surface area contributed by atoms with Gasteiger partial charge >= 0.3 is 0 Å². The minimum absolute atomic E-state index is 0. The highest BCUT2D eigenvalue weighted by Gasteiger charge is 2.57. The molecule has 0 unspecified atom stereocenters. The zero-order valence-corrected chi connectivity index (χ0v) is 17.3. The maximum Gasteiger partial charge on any atom is 0.217 e. The SMILES string of the molecule is CC(=O)N[C@@H]1CCCC[C@@]1(c1ccc(Cl)c(Cl)c1)[N+]1(C)CCCC1.Cl. The fraction of sp³-hybridized carbons (Fsp3) is 0.632. The molecule has 0 spiro atoms. The van der Waals surface area contributed by atoms with Crippen LogP contribution in [0, 0.1) is 0 Å². The van der Waals surface area contributed by atoms with Crippen LogP contribution >= 0.6 is 35.6 Å². The van der Waals surface area contributed by atoms with E-state index in [0.29, 0.717) is 10.0 Å². The van der Waals surface area contributed by atoms with Gasteiger partial charge in [-0.25, -0.2) is 0 Å². The maximum absolute atomic E-state index is 11.9. The van der Waals surface area contributed by atoms with Crippen molar-refractivity contribution in [2.45, 2.75) is 57.0 Å². The van der Waals surface area contributed by atoms with Gasteiger partial charge in [0, 0.05) is 31.7 Å². The molecule has 1 aliphatic heterocycles. The van der Waals surface area contributed by atoms with Gasteiger partial charge in [0.25, 0.3) is 0 Å². The first kappa shape index (κ1) is 20.8. The van der Waals surface area contributed by atoms with E-state index in [1.807, 2.05) is 12.1 Å². The van der Waals surface area contributed by atoms with Crippen molar-refractivity contribution in [3.05, 3.63) is 33.8 Å². The first-order chi connectivity index (χ1) is 11.4. The summed E-state index contributed by atoms with van der Waals surface area (Å²) in [5, 5.41) is 4.47. The number of hydrogen-bond acceptors (Lipinski definition) is 1. The lowest BCUT2D eigenvalue weighted by molar-refractivity contribution is -0.960. The molecule has 0 aromatic heterocycles. The molecule has 0 radical (unpaired) electrons. The Kier molecular flexibility index (Phi) is 6.70. The second-order valence-corrected chi connectivity index (χ2v) is 8.42. The molecule has 25 heavy (non-hydrogen) atoms. The van der Waals surface area contributed by atoms with Crippen molar-refractivity contribution in [3.8, 4) is 0 Å². The van der Waals surface area contributed by atoms with Gasteiger partial charge in [0.15, 0.2) is 0 Å². The van der Waals surface area contributed by atoms with Crippen molar-refractivity contribution < 1.29 is 9.28 Å². The number of amides is 1. The summed E-state index contributed by atoms with van der Waals surface area (Å²) in [6.07, 6.45) is 6.93. The molecular weight excluding hydrogens is 379 g/mol. The van der Waals surface area contributed by atoms with E-state index < -0.39 is 0 Å². The molecule has 1 aromatic rings. The summed E-state index contributed by atoms with van der Waals surface area (Å²) in [6.45, 7) is 3.92. The molecule has 1 aliphatic carbocycles. The molecule has 2 aliphatic rings. The van der Waals surface area contributed by atoms with Crippen molar-refractivity contribution >= 4 is 41.5 Å². The molecule has 3 nitrogen and oxygen atoms in total. The largest absolute Gasteiger partial charge is 0.347 e. The van der Waals surface area contributed by atoms with Crippen molar-refractivity contribution in [1.82, 2.24) is 5.32 Å². The zero-order chi connectivity index (χ0) is 17.4. The number of carbonyl (C=O) groups is 1. The van der Waals surface area contributed by atoms with Gasteiger partial charge in [0.2, 0.25) is 5.91 Å². The molecule has 1 saturated carbocycles. The van der Waals surface area contributed by atoms with Crippen LogP contribution in [0.4, 0.5) is 0 Å². The number of likely N-dealkylation sites (N-methyl/N-ethyl adjacent to an activating group) is 1. The number of quaternary nitrogens is 1. The highest BCUT2D eigenvalue weighted by atomic mass is 35.5. The number of rotatable bonds is 3.